The number of hydrogen-bond donors (Lipinski definition) is 3. The molecule has 4 N–H and O–H groups in total. The summed E-state index contributed by atoms with van der Waals surface area (Å²) >= 11 is 0. The zero-order valence-corrected chi connectivity index (χ0v) is 9.86. The first-order valence-electron chi connectivity index (χ1n) is 5.09. The molecule has 0 saturated heterocycles. The lowest BCUT2D eigenvalue weighted by molar-refractivity contribution is -0.123. The molecule has 2 amide bonds. The molecule has 0 aliphatic rings. The van der Waals surface area contributed by atoms with Gasteiger partial charge in [-0.15, -0.1) is 0 Å². The fraction of sp³-hybridized carbons (Fsp3) is 0.273. The van der Waals surface area contributed by atoms with Gasteiger partial charge in [-0.05, 0) is 24.3 Å². The van der Waals surface area contributed by atoms with Gasteiger partial charge in [0.1, 0.15) is 0 Å². The van der Waals surface area contributed by atoms with Crippen LogP contribution in [-0.2, 0) is 4.79 Å². The Morgan fingerprint density at radius 2 is 1.82 bits per heavy atom. The molecule has 1 aromatic carbocycles. The van der Waals surface area contributed by atoms with E-state index in [-0.39, 0.29) is 18.4 Å². The highest BCUT2D eigenvalue weighted by Crippen LogP contribution is 2.04. The van der Waals surface area contributed by atoms with Crippen LogP contribution in [0.2, 0.25) is 0 Å². The highest BCUT2D eigenvalue weighted by atomic mass is 16.2. The number of anilines is 1. The summed E-state index contributed by atoms with van der Waals surface area (Å²) < 4.78 is 0. The number of hydrogen-bond acceptors (Lipinski definition) is 4. The molecule has 6 nitrogen and oxygen atoms in total. The van der Waals surface area contributed by atoms with Gasteiger partial charge in [-0.3, -0.25) is 15.0 Å². The van der Waals surface area contributed by atoms with Gasteiger partial charge < -0.3 is 11.1 Å². The Morgan fingerprint density at radius 1 is 1.24 bits per heavy atom. The Morgan fingerprint density at radius 3 is 2.35 bits per heavy atom. The molecule has 1 aromatic rings. The predicted molar refractivity (Wildman–Crippen MR) is 65.0 cm³/mol. The molecule has 0 atom stereocenters. The summed E-state index contributed by atoms with van der Waals surface area (Å²) in [7, 11) is 3.39. The SMILES string of the molecule is CN(C)NC(=O)CNC(=O)c1ccc(N)cc1. The van der Waals surface area contributed by atoms with E-state index in [1.54, 1.807) is 38.4 Å². The van der Waals surface area contributed by atoms with Gasteiger partial charge in [-0.2, -0.15) is 0 Å². The highest BCUT2D eigenvalue weighted by molar-refractivity contribution is 5.96. The van der Waals surface area contributed by atoms with E-state index in [4.69, 9.17) is 5.73 Å². The van der Waals surface area contributed by atoms with Crippen LogP contribution in [0.1, 0.15) is 10.4 Å². The molecule has 0 saturated carbocycles. The number of benzene rings is 1. The number of nitrogens with zero attached hydrogens (tertiary/aromatic N) is 1. The molecule has 0 unspecified atom stereocenters. The van der Waals surface area contributed by atoms with Crippen molar-refractivity contribution in [3.8, 4) is 0 Å². The van der Waals surface area contributed by atoms with Crippen molar-refractivity contribution in [3.05, 3.63) is 29.8 Å². The minimum Gasteiger partial charge on any atom is -0.399 e. The molecule has 0 aromatic heterocycles. The smallest absolute Gasteiger partial charge is 0.253 e. The predicted octanol–water partition coefficient (Wildman–Crippen LogP) is -0.409. The fourth-order valence-corrected chi connectivity index (χ4v) is 1.19. The summed E-state index contributed by atoms with van der Waals surface area (Å²) in [5.41, 5.74) is 9.08. The van der Waals surface area contributed by atoms with Crippen LogP contribution in [-0.4, -0.2) is 37.5 Å². The van der Waals surface area contributed by atoms with E-state index in [0.717, 1.165) is 0 Å². The zero-order valence-electron chi connectivity index (χ0n) is 9.86. The van der Waals surface area contributed by atoms with Gasteiger partial charge in [-0.1, -0.05) is 0 Å². The Kier molecular flexibility index (Phi) is 4.47. The Bertz CT molecular complexity index is 400. The Hall–Kier alpha value is -2.08. The topological polar surface area (TPSA) is 87.5 Å². The van der Waals surface area contributed by atoms with E-state index >= 15 is 0 Å². The number of carbonyl (C=O) groups is 2. The third-order valence-electron chi connectivity index (χ3n) is 1.93. The van der Waals surface area contributed by atoms with Crippen molar-refractivity contribution in [1.82, 2.24) is 15.8 Å². The Labute approximate surface area is 99.7 Å². The Balaban J connectivity index is 2.45. The van der Waals surface area contributed by atoms with E-state index in [0.29, 0.717) is 11.3 Å². The summed E-state index contributed by atoms with van der Waals surface area (Å²) in [6.45, 7) is -0.0681. The molecule has 6 heteroatoms. The van der Waals surface area contributed by atoms with Crippen LogP contribution in [0.4, 0.5) is 5.69 Å². The molecule has 17 heavy (non-hydrogen) atoms. The molecule has 0 heterocycles. The number of nitrogens with two attached hydrogens (primary N) is 1. The number of amides is 2. The molecule has 1 rings (SSSR count). The lowest BCUT2D eigenvalue weighted by Gasteiger charge is -2.12. The molecule has 92 valence electrons. The van der Waals surface area contributed by atoms with Crippen molar-refractivity contribution >= 4 is 17.5 Å². The first-order valence-corrected chi connectivity index (χ1v) is 5.09. The number of nitrogen functional groups attached to an aromatic ring is 1. The summed E-state index contributed by atoms with van der Waals surface area (Å²) in [5.74, 6) is -0.585. The van der Waals surface area contributed by atoms with Crippen LogP contribution in [0.15, 0.2) is 24.3 Å². The number of nitrogens with one attached hydrogen (secondary N) is 2. The second-order valence-corrected chi connectivity index (χ2v) is 3.73. The molecule has 0 radical (unpaired) electrons. The summed E-state index contributed by atoms with van der Waals surface area (Å²) in [6.07, 6.45) is 0. The molecule has 0 aliphatic heterocycles. The van der Waals surface area contributed by atoms with E-state index in [1.807, 2.05) is 0 Å². The molecular weight excluding hydrogens is 220 g/mol. The standard InChI is InChI=1S/C11H16N4O2/c1-15(2)14-10(16)7-13-11(17)8-3-5-9(12)6-4-8/h3-6H,7,12H2,1-2H3,(H,13,17)(H,14,16). The summed E-state index contributed by atoms with van der Waals surface area (Å²) in [4.78, 5) is 22.9. The first-order chi connectivity index (χ1) is 7.99. The lowest BCUT2D eigenvalue weighted by Crippen LogP contribution is -2.43. The van der Waals surface area contributed by atoms with Gasteiger partial charge in [0.25, 0.3) is 11.8 Å². The minimum atomic E-state index is -0.307. The van der Waals surface area contributed by atoms with Crippen molar-refractivity contribution in [2.45, 2.75) is 0 Å². The fourth-order valence-electron chi connectivity index (χ4n) is 1.19. The number of carbonyl (C=O) groups excluding carboxylic acids is 2. The largest absolute Gasteiger partial charge is 0.399 e. The van der Waals surface area contributed by atoms with Crippen LogP contribution >= 0.6 is 0 Å². The van der Waals surface area contributed by atoms with E-state index in [1.165, 1.54) is 5.01 Å². The normalized spacial score (nSPS) is 10.1. The minimum absolute atomic E-state index is 0.0681. The lowest BCUT2D eigenvalue weighted by atomic mass is 10.2. The second-order valence-electron chi connectivity index (χ2n) is 3.73. The highest BCUT2D eigenvalue weighted by Gasteiger charge is 2.07. The second kappa shape index (κ2) is 5.86. The number of rotatable bonds is 4. The van der Waals surface area contributed by atoms with Crippen LogP contribution in [0.5, 0.6) is 0 Å². The molecule has 0 spiro atoms. The third kappa shape index (κ3) is 4.52. The maximum absolute atomic E-state index is 11.6. The molecular formula is C11H16N4O2. The van der Waals surface area contributed by atoms with E-state index < -0.39 is 0 Å². The first kappa shape index (κ1) is 13.0. The summed E-state index contributed by atoms with van der Waals surface area (Å²) in [6, 6.07) is 6.48. The monoisotopic (exact) mass is 236 g/mol. The van der Waals surface area contributed by atoms with Crippen molar-refractivity contribution in [2.24, 2.45) is 0 Å². The maximum Gasteiger partial charge on any atom is 0.253 e. The average molecular weight is 236 g/mol. The van der Waals surface area contributed by atoms with Crippen molar-refractivity contribution < 1.29 is 9.59 Å². The van der Waals surface area contributed by atoms with Gasteiger partial charge in [0.15, 0.2) is 0 Å². The molecule has 0 fully saturated rings. The van der Waals surface area contributed by atoms with Crippen LogP contribution in [0.25, 0.3) is 0 Å². The molecule has 0 bridgehead atoms. The molecule has 0 aliphatic carbocycles. The van der Waals surface area contributed by atoms with Crippen molar-refractivity contribution in [3.63, 3.8) is 0 Å². The third-order valence-corrected chi connectivity index (χ3v) is 1.93. The van der Waals surface area contributed by atoms with Gasteiger partial charge in [0.2, 0.25) is 0 Å². The van der Waals surface area contributed by atoms with Crippen molar-refractivity contribution in [1.29, 1.82) is 0 Å². The van der Waals surface area contributed by atoms with E-state index in [9.17, 15) is 9.59 Å². The van der Waals surface area contributed by atoms with Crippen LogP contribution in [0.3, 0.4) is 0 Å². The van der Waals surface area contributed by atoms with Gasteiger partial charge in [0, 0.05) is 25.3 Å². The number of hydrazine groups is 1. The summed E-state index contributed by atoms with van der Waals surface area (Å²) in [5, 5.41) is 4.02. The van der Waals surface area contributed by atoms with Crippen molar-refractivity contribution in [2.75, 3.05) is 26.4 Å². The zero-order chi connectivity index (χ0) is 12.8. The average Bonchev–Trinajstić information content (AvgIpc) is 2.26. The van der Waals surface area contributed by atoms with Crippen LogP contribution in [0, 0.1) is 0 Å². The van der Waals surface area contributed by atoms with E-state index in [2.05, 4.69) is 10.7 Å². The quantitative estimate of drug-likeness (QED) is 0.490. The maximum atomic E-state index is 11.6. The van der Waals surface area contributed by atoms with Gasteiger partial charge >= 0.3 is 0 Å². The van der Waals surface area contributed by atoms with Gasteiger partial charge in [0.05, 0.1) is 6.54 Å². The van der Waals surface area contributed by atoms with Crippen LogP contribution < -0.4 is 16.5 Å². The van der Waals surface area contributed by atoms with Gasteiger partial charge in [-0.25, -0.2) is 5.01 Å².